The summed E-state index contributed by atoms with van der Waals surface area (Å²) in [5.41, 5.74) is 2.06. The summed E-state index contributed by atoms with van der Waals surface area (Å²) in [6.07, 6.45) is 1.53. The maximum atomic E-state index is 12.2. The molecular formula is C17H17N3O4S. The lowest BCUT2D eigenvalue weighted by molar-refractivity contribution is 0.373. The average molecular weight is 359 g/mol. The Morgan fingerprint density at radius 3 is 2.72 bits per heavy atom. The van der Waals surface area contributed by atoms with E-state index in [9.17, 15) is 13.5 Å². The molecule has 1 aliphatic heterocycles. The molecule has 0 aromatic heterocycles. The van der Waals surface area contributed by atoms with Crippen LogP contribution in [0.5, 0.6) is 11.5 Å². The van der Waals surface area contributed by atoms with Gasteiger partial charge in [-0.1, -0.05) is 6.07 Å². The summed E-state index contributed by atoms with van der Waals surface area (Å²) in [5.74, 6) is 0.619. The summed E-state index contributed by atoms with van der Waals surface area (Å²) in [7, 11) is -0.622. The maximum Gasteiger partial charge on any atom is 0.285 e. The molecule has 0 aliphatic carbocycles. The number of benzene rings is 2. The normalized spacial score (nSPS) is 15.1. The highest BCUT2D eigenvalue weighted by Gasteiger charge is 2.30. The van der Waals surface area contributed by atoms with Gasteiger partial charge in [0.1, 0.15) is 4.90 Å². The van der Waals surface area contributed by atoms with Crippen LogP contribution in [0, 0.1) is 6.92 Å². The van der Waals surface area contributed by atoms with Crippen molar-refractivity contribution >= 4 is 22.1 Å². The number of ether oxygens (including phenoxy) is 1. The number of aromatic hydroxyl groups is 1. The molecule has 0 radical (unpaired) electrons. The van der Waals surface area contributed by atoms with E-state index in [1.807, 2.05) is 13.0 Å². The molecule has 0 spiro atoms. The van der Waals surface area contributed by atoms with Gasteiger partial charge in [-0.3, -0.25) is 0 Å². The molecule has 25 heavy (non-hydrogen) atoms. The van der Waals surface area contributed by atoms with E-state index in [4.69, 9.17) is 4.74 Å². The molecule has 0 saturated carbocycles. The second-order valence-electron chi connectivity index (χ2n) is 5.59. The molecule has 0 fully saturated rings. The van der Waals surface area contributed by atoms with E-state index < -0.39 is 10.0 Å². The Kier molecular flexibility index (Phi) is 4.22. The summed E-state index contributed by atoms with van der Waals surface area (Å²) in [4.78, 5) is 0.191. The van der Waals surface area contributed by atoms with E-state index >= 15 is 0 Å². The molecule has 3 rings (SSSR count). The topological polar surface area (TPSA) is 91.6 Å². The molecule has 7 nitrogen and oxygen atoms in total. The van der Waals surface area contributed by atoms with Gasteiger partial charge in [0.25, 0.3) is 10.0 Å². The van der Waals surface area contributed by atoms with Gasteiger partial charge in [-0.05, 0) is 48.4 Å². The first-order valence-electron chi connectivity index (χ1n) is 7.42. The lowest BCUT2D eigenvalue weighted by Gasteiger charge is -2.12. The number of rotatable bonds is 3. The molecule has 1 heterocycles. The molecule has 0 bridgehead atoms. The van der Waals surface area contributed by atoms with Crippen LogP contribution >= 0.6 is 0 Å². The fourth-order valence-corrected chi connectivity index (χ4v) is 3.77. The number of sulfonamides is 1. The summed E-state index contributed by atoms with van der Waals surface area (Å²) in [5, 5.41) is 15.3. The highest BCUT2D eigenvalue weighted by atomic mass is 32.2. The zero-order chi connectivity index (χ0) is 18.2. The van der Waals surface area contributed by atoms with Crippen molar-refractivity contribution < 1.29 is 18.3 Å². The zero-order valence-corrected chi connectivity index (χ0v) is 14.8. The molecule has 1 aliphatic rings. The van der Waals surface area contributed by atoms with E-state index in [0.29, 0.717) is 16.9 Å². The number of methoxy groups -OCH3 is 1. The Labute approximate surface area is 145 Å². The fraction of sp³-hybridized carbons (Fsp3) is 0.176. The number of hydrazone groups is 1. The predicted molar refractivity (Wildman–Crippen MR) is 94.9 cm³/mol. The summed E-state index contributed by atoms with van der Waals surface area (Å²) < 4.78 is 33.3. The highest BCUT2D eigenvalue weighted by Crippen LogP contribution is 2.28. The van der Waals surface area contributed by atoms with E-state index in [0.717, 1.165) is 5.56 Å². The maximum absolute atomic E-state index is 12.2. The Hall–Kier alpha value is -2.87. The number of fused-ring (bicyclic) bond motifs is 1. The first-order valence-corrected chi connectivity index (χ1v) is 8.86. The van der Waals surface area contributed by atoms with Crippen molar-refractivity contribution in [1.82, 2.24) is 5.01 Å². The smallest absolute Gasteiger partial charge is 0.285 e. The third-order valence-electron chi connectivity index (χ3n) is 3.75. The summed E-state index contributed by atoms with van der Waals surface area (Å²) >= 11 is 0. The van der Waals surface area contributed by atoms with Crippen molar-refractivity contribution in [1.29, 1.82) is 0 Å². The van der Waals surface area contributed by atoms with Crippen LogP contribution in [0.25, 0.3) is 0 Å². The predicted octanol–water partition coefficient (Wildman–Crippen LogP) is 2.12. The van der Waals surface area contributed by atoms with Crippen molar-refractivity contribution in [3.63, 3.8) is 0 Å². The van der Waals surface area contributed by atoms with Crippen LogP contribution in [-0.4, -0.2) is 44.7 Å². The second-order valence-corrected chi connectivity index (χ2v) is 7.16. The van der Waals surface area contributed by atoms with Crippen molar-refractivity contribution in [3.8, 4) is 11.5 Å². The largest absolute Gasteiger partial charge is 0.504 e. The van der Waals surface area contributed by atoms with Gasteiger partial charge in [0.15, 0.2) is 17.3 Å². The monoisotopic (exact) mass is 359 g/mol. The molecule has 0 atom stereocenters. The first-order chi connectivity index (χ1) is 11.8. The van der Waals surface area contributed by atoms with Crippen molar-refractivity contribution in [3.05, 3.63) is 53.1 Å². The van der Waals surface area contributed by atoms with Gasteiger partial charge in [-0.25, -0.2) is 5.01 Å². The third-order valence-corrected chi connectivity index (χ3v) is 5.06. The average Bonchev–Trinajstić information content (AvgIpc) is 2.85. The van der Waals surface area contributed by atoms with E-state index in [1.54, 1.807) is 31.3 Å². The van der Waals surface area contributed by atoms with E-state index in [-0.39, 0.29) is 16.5 Å². The van der Waals surface area contributed by atoms with Gasteiger partial charge >= 0.3 is 0 Å². The number of hydrogen-bond acceptors (Lipinski definition) is 6. The third kappa shape index (κ3) is 3.20. The van der Waals surface area contributed by atoms with Crippen LogP contribution in [0.4, 0.5) is 0 Å². The van der Waals surface area contributed by atoms with Gasteiger partial charge in [0, 0.05) is 12.6 Å². The van der Waals surface area contributed by atoms with E-state index in [2.05, 4.69) is 9.50 Å². The van der Waals surface area contributed by atoms with Crippen LogP contribution < -0.4 is 4.74 Å². The number of aryl methyl sites for hydroxylation is 1. The molecule has 1 N–H and O–H groups in total. The minimum atomic E-state index is -3.70. The lowest BCUT2D eigenvalue weighted by atomic mass is 10.1. The van der Waals surface area contributed by atoms with Crippen molar-refractivity contribution in [2.75, 3.05) is 14.2 Å². The van der Waals surface area contributed by atoms with Crippen molar-refractivity contribution in [2.24, 2.45) is 9.50 Å². The lowest BCUT2D eigenvalue weighted by Crippen LogP contribution is -2.21. The molecule has 8 heteroatoms. The van der Waals surface area contributed by atoms with Crippen LogP contribution in [0.2, 0.25) is 0 Å². The molecule has 0 unspecified atom stereocenters. The Morgan fingerprint density at radius 1 is 1.24 bits per heavy atom. The molecular weight excluding hydrogens is 342 g/mol. The second kappa shape index (κ2) is 6.21. The van der Waals surface area contributed by atoms with Gasteiger partial charge in [0.05, 0.1) is 13.3 Å². The Morgan fingerprint density at radius 2 is 2.00 bits per heavy atom. The number of phenols is 1. The summed E-state index contributed by atoms with van der Waals surface area (Å²) in [6, 6.07) is 9.94. The van der Waals surface area contributed by atoms with Crippen LogP contribution in [-0.2, 0) is 10.0 Å². The SMILES string of the molecule is COc1cc(C=NN(C)C2=NS(=O)(=O)c3cc(C)ccc32)ccc1O. The fourth-order valence-electron chi connectivity index (χ4n) is 2.46. The van der Waals surface area contributed by atoms with Gasteiger partial charge in [0.2, 0.25) is 0 Å². The number of phenolic OH excluding ortho intramolecular Hbond substituents is 1. The quantitative estimate of drug-likeness (QED) is 0.669. The number of amidine groups is 1. The standard InChI is InChI=1S/C17H17N3O4S/c1-11-4-6-13-16(8-11)25(22,23)19-17(13)20(2)18-10-12-5-7-14(21)15(9-12)24-3/h4-10,21H,1-3H3. The highest BCUT2D eigenvalue weighted by molar-refractivity contribution is 7.90. The Bertz CT molecular complexity index is 997. The minimum absolute atomic E-state index is 0.0311. The number of nitrogens with zero attached hydrogens (tertiary/aromatic N) is 3. The minimum Gasteiger partial charge on any atom is -0.504 e. The molecule has 2 aromatic rings. The first kappa shape index (κ1) is 17.0. The molecule has 0 amide bonds. The van der Waals surface area contributed by atoms with E-state index in [1.165, 1.54) is 24.4 Å². The Balaban J connectivity index is 1.91. The van der Waals surface area contributed by atoms with Gasteiger partial charge < -0.3 is 9.84 Å². The van der Waals surface area contributed by atoms with Crippen molar-refractivity contribution in [2.45, 2.75) is 11.8 Å². The molecule has 130 valence electrons. The van der Waals surface area contributed by atoms with Gasteiger partial charge in [-0.15, -0.1) is 4.40 Å². The molecule has 2 aromatic carbocycles. The summed E-state index contributed by atoms with van der Waals surface area (Å²) in [6.45, 7) is 1.83. The van der Waals surface area contributed by atoms with Crippen LogP contribution in [0.15, 0.2) is 50.8 Å². The zero-order valence-electron chi connectivity index (χ0n) is 14.0. The number of hydrogen-bond donors (Lipinski definition) is 1. The van der Waals surface area contributed by atoms with Crippen LogP contribution in [0.3, 0.4) is 0 Å². The van der Waals surface area contributed by atoms with Gasteiger partial charge in [-0.2, -0.15) is 13.5 Å². The molecule has 0 saturated heterocycles. The van der Waals surface area contributed by atoms with Crippen LogP contribution in [0.1, 0.15) is 16.7 Å².